The maximum absolute atomic E-state index is 12.6. The van der Waals surface area contributed by atoms with Gasteiger partial charge in [0.2, 0.25) is 5.91 Å². The van der Waals surface area contributed by atoms with Gasteiger partial charge >= 0.3 is 6.03 Å². The summed E-state index contributed by atoms with van der Waals surface area (Å²) in [4.78, 5) is 26.3. The maximum atomic E-state index is 12.6. The number of carbonyl (C=O) groups excluding carboxylic acids is 2. The largest absolute Gasteiger partial charge is 0.497 e. The number of hydrogen-bond acceptors (Lipinski definition) is 4. The van der Waals surface area contributed by atoms with Gasteiger partial charge in [0.1, 0.15) is 5.75 Å². The number of anilines is 1. The van der Waals surface area contributed by atoms with Crippen molar-refractivity contribution in [3.8, 4) is 5.75 Å². The van der Waals surface area contributed by atoms with Crippen LogP contribution in [0.5, 0.6) is 5.75 Å². The van der Waals surface area contributed by atoms with E-state index < -0.39 is 0 Å². The topological polar surface area (TPSA) is 90.9 Å². The molecule has 7 nitrogen and oxygen atoms in total. The molecule has 0 unspecified atom stereocenters. The lowest BCUT2D eigenvalue weighted by Crippen LogP contribution is -2.46. The number of methoxy groups -OCH3 is 1. The number of likely N-dealkylation sites (tertiary alicyclic amines) is 1. The fourth-order valence-electron chi connectivity index (χ4n) is 3.41. The molecule has 1 aliphatic rings. The number of benzene rings is 1. The number of nitrogens with one attached hydrogen (secondary N) is 2. The van der Waals surface area contributed by atoms with E-state index >= 15 is 0 Å². The van der Waals surface area contributed by atoms with Crippen molar-refractivity contribution < 1.29 is 19.4 Å². The molecule has 144 valence electrons. The molecule has 0 spiro atoms. The zero-order valence-corrected chi connectivity index (χ0v) is 15.5. The number of ether oxygens (including phenoxy) is 1. The van der Waals surface area contributed by atoms with E-state index in [0.29, 0.717) is 36.9 Å². The summed E-state index contributed by atoms with van der Waals surface area (Å²) in [5, 5.41) is 14.4. The van der Waals surface area contributed by atoms with Crippen molar-refractivity contribution in [1.82, 2.24) is 10.2 Å². The van der Waals surface area contributed by atoms with Crippen LogP contribution in [0.2, 0.25) is 0 Å². The molecule has 2 atom stereocenters. The molecule has 3 amide bonds. The van der Waals surface area contributed by atoms with Crippen LogP contribution in [0.1, 0.15) is 26.2 Å². The zero-order chi connectivity index (χ0) is 18.9. The predicted molar refractivity (Wildman–Crippen MR) is 100 cm³/mol. The first-order valence-electron chi connectivity index (χ1n) is 9.14. The fraction of sp³-hybridized carbons (Fsp3) is 0.579. The number of piperidine rings is 1. The standard InChI is InChI=1S/C19H29N3O4/c1-3-14-13-22(9-7-15(14)11-18(24)20-8-10-23)19(25)21-16-5-4-6-17(12-16)26-2/h4-6,12,14-15,23H,3,7-11,13H2,1-2H3,(H,20,24)(H,21,25)/t14-,15+/m1/s1. The zero-order valence-electron chi connectivity index (χ0n) is 15.5. The van der Waals surface area contributed by atoms with Crippen LogP contribution in [0.25, 0.3) is 0 Å². The number of hydrogen-bond donors (Lipinski definition) is 3. The van der Waals surface area contributed by atoms with Crippen LogP contribution in [0.15, 0.2) is 24.3 Å². The molecule has 1 heterocycles. The van der Waals surface area contributed by atoms with Gasteiger partial charge in [-0.05, 0) is 30.4 Å². The number of aliphatic hydroxyl groups is 1. The SMILES string of the molecule is CC[C@@H]1CN(C(=O)Nc2cccc(OC)c2)CC[C@H]1CC(=O)NCCO. The van der Waals surface area contributed by atoms with Gasteiger partial charge in [-0.15, -0.1) is 0 Å². The van der Waals surface area contributed by atoms with E-state index in [2.05, 4.69) is 17.6 Å². The Hall–Kier alpha value is -2.28. The molecule has 1 saturated heterocycles. The van der Waals surface area contributed by atoms with Gasteiger partial charge in [-0.2, -0.15) is 0 Å². The van der Waals surface area contributed by atoms with E-state index in [1.54, 1.807) is 13.2 Å². The Balaban J connectivity index is 1.90. The Morgan fingerprint density at radius 1 is 1.35 bits per heavy atom. The van der Waals surface area contributed by atoms with Crippen molar-refractivity contribution in [3.05, 3.63) is 24.3 Å². The molecule has 0 bridgehead atoms. The molecule has 1 fully saturated rings. The van der Waals surface area contributed by atoms with Gasteiger partial charge < -0.3 is 25.4 Å². The minimum Gasteiger partial charge on any atom is -0.497 e. The molecule has 0 radical (unpaired) electrons. The molecule has 0 aromatic heterocycles. The first-order valence-corrected chi connectivity index (χ1v) is 9.14. The first kappa shape index (κ1) is 20.0. The first-order chi connectivity index (χ1) is 12.6. The predicted octanol–water partition coefficient (Wildman–Crippen LogP) is 2.07. The van der Waals surface area contributed by atoms with Gasteiger partial charge in [0.15, 0.2) is 0 Å². The summed E-state index contributed by atoms with van der Waals surface area (Å²) in [6.07, 6.45) is 2.17. The third-order valence-corrected chi connectivity index (χ3v) is 4.91. The van der Waals surface area contributed by atoms with E-state index in [-0.39, 0.29) is 31.0 Å². The molecule has 1 aromatic rings. The van der Waals surface area contributed by atoms with Crippen LogP contribution in [-0.4, -0.2) is 55.3 Å². The molecule has 26 heavy (non-hydrogen) atoms. The number of aliphatic hydroxyl groups excluding tert-OH is 1. The van der Waals surface area contributed by atoms with Crippen molar-refractivity contribution in [1.29, 1.82) is 0 Å². The van der Waals surface area contributed by atoms with Crippen LogP contribution >= 0.6 is 0 Å². The van der Waals surface area contributed by atoms with Crippen LogP contribution in [0, 0.1) is 11.8 Å². The summed E-state index contributed by atoms with van der Waals surface area (Å²) in [6, 6.07) is 7.15. The third kappa shape index (κ3) is 5.62. The lowest BCUT2D eigenvalue weighted by atomic mass is 9.81. The minimum absolute atomic E-state index is 0.0308. The maximum Gasteiger partial charge on any atom is 0.321 e. The summed E-state index contributed by atoms with van der Waals surface area (Å²) >= 11 is 0. The van der Waals surface area contributed by atoms with Crippen LogP contribution in [-0.2, 0) is 4.79 Å². The summed E-state index contributed by atoms with van der Waals surface area (Å²) < 4.78 is 5.18. The highest BCUT2D eigenvalue weighted by molar-refractivity contribution is 5.89. The van der Waals surface area contributed by atoms with Crippen LogP contribution in [0.4, 0.5) is 10.5 Å². The number of carbonyl (C=O) groups is 2. The van der Waals surface area contributed by atoms with Gasteiger partial charge in [0, 0.05) is 37.8 Å². The molecular formula is C19H29N3O4. The van der Waals surface area contributed by atoms with Crippen molar-refractivity contribution in [2.75, 3.05) is 38.7 Å². The van der Waals surface area contributed by atoms with E-state index in [9.17, 15) is 9.59 Å². The molecular weight excluding hydrogens is 334 g/mol. The monoisotopic (exact) mass is 363 g/mol. The van der Waals surface area contributed by atoms with E-state index in [1.165, 1.54) is 0 Å². The molecule has 1 aliphatic heterocycles. The Morgan fingerprint density at radius 3 is 2.85 bits per heavy atom. The van der Waals surface area contributed by atoms with E-state index in [0.717, 1.165) is 12.8 Å². The molecule has 7 heteroatoms. The Kier molecular flexibility index (Phi) is 7.72. The van der Waals surface area contributed by atoms with E-state index in [4.69, 9.17) is 9.84 Å². The highest BCUT2D eigenvalue weighted by atomic mass is 16.5. The Morgan fingerprint density at radius 2 is 2.15 bits per heavy atom. The second-order valence-electron chi connectivity index (χ2n) is 6.60. The normalized spacial score (nSPS) is 19.7. The van der Waals surface area contributed by atoms with Gasteiger partial charge in [-0.3, -0.25) is 4.79 Å². The highest BCUT2D eigenvalue weighted by Gasteiger charge is 2.31. The number of rotatable bonds is 7. The molecule has 0 saturated carbocycles. The summed E-state index contributed by atoms with van der Waals surface area (Å²) in [6.45, 7) is 3.60. The molecule has 3 N–H and O–H groups in total. The third-order valence-electron chi connectivity index (χ3n) is 4.91. The quantitative estimate of drug-likeness (QED) is 0.692. The second kappa shape index (κ2) is 10.0. The number of nitrogens with zero attached hydrogens (tertiary/aromatic N) is 1. The van der Waals surface area contributed by atoms with Crippen molar-refractivity contribution >= 4 is 17.6 Å². The smallest absolute Gasteiger partial charge is 0.321 e. The van der Waals surface area contributed by atoms with Gasteiger partial charge in [-0.25, -0.2) is 4.79 Å². The fourth-order valence-corrected chi connectivity index (χ4v) is 3.41. The average Bonchev–Trinajstić information content (AvgIpc) is 2.66. The van der Waals surface area contributed by atoms with Gasteiger partial charge in [-0.1, -0.05) is 19.4 Å². The number of urea groups is 1. The lowest BCUT2D eigenvalue weighted by molar-refractivity contribution is -0.123. The average molecular weight is 363 g/mol. The lowest BCUT2D eigenvalue weighted by Gasteiger charge is -2.38. The Labute approximate surface area is 154 Å². The molecule has 2 rings (SSSR count). The van der Waals surface area contributed by atoms with Gasteiger partial charge in [0.25, 0.3) is 0 Å². The number of amides is 3. The van der Waals surface area contributed by atoms with Crippen LogP contribution in [0.3, 0.4) is 0 Å². The molecule has 0 aliphatic carbocycles. The minimum atomic E-state index is -0.125. The van der Waals surface area contributed by atoms with Crippen molar-refractivity contribution in [2.24, 2.45) is 11.8 Å². The summed E-state index contributed by atoms with van der Waals surface area (Å²) in [5.74, 6) is 1.22. The second-order valence-corrected chi connectivity index (χ2v) is 6.60. The summed E-state index contributed by atoms with van der Waals surface area (Å²) in [5.41, 5.74) is 0.702. The van der Waals surface area contributed by atoms with Crippen LogP contribution < -0.4 is 15.4 Å². The molecule has 1 aromatic carbocycles. The van der Waals surface area contributed by atoms with Crippen molar-refractivity contribution in [3.63, 3.8) is 0 Å². The Bertz CT molecular complexity index is 608. The highest BCUT2D eigenvalue weighted by Crippen LogP contribution is 2.29. The van der Waals surface area contributed by atoms with Crippen molar-refractivity contribution in [2.45, 2.75) is 26.2 Å². The van der Waals surface area contributed by atoms with Gasteiger partial charge in [0.05, 0.1) is 13.7 Å². The van der Waals surface area contributed by atoms with E-state index in [1.807, 2.05) is 23.1 Å². The summed E-state index contributed by atoms with van der Waals surface area (Å²) in [7, 11) is 1.59.